The molecule has 0 aromatic rings. The Labute approximate surface area is 125 Å². The summed E-state index contributed by atoms with van der Waals surface area (Å²) in [4.78, 5) is 12.0. The Morgan fingerprint density at radius 1 is 1.38 bits per heavy atom. The number of hydrogen-bond donors (Lipinski definition) is 2. The average molecular weight is 304 g/mol. The lowest BCUT2D eigenvalue weighted by atomic mass is 9.83. The maximum atomic E-state index is 13.1. The topological polar surface area (TPSA) is 50.4 Å². The predicted octanol–water partition coefficient (Wildman–Crippen LogP) is 2.09. The van der Waals surface area contributed by atoms with Crippen LogP contribution in [0, 0.1) is 5.41 Å². The largest absolute Gasteiger partial charge is 0.382 e. The first-order valence-electron chi connectivity index (χ1n) is 7.93. The minimum Gasteiger partial charge on any atom is -0.382 e. The quantitative estimate of drug-likeness (QED) is 0.708. The van der Waals surface area contributed by atoms with Crippen molar-refractivity contribution >= 4 is 5.91 Å². The number of amides is 1. The SMILES string of the molecule is CCOCCC1(CNC(=O)C2CC(F)(F)CN2)CCCC1. The van der Waals surface area contributed by atoms with Crippen LogP contribution in [0.25, 0.3) is 0 Å². The van der Waals surface area contributed by atoms with Crippen molar-refractivity contribution in [3.63, 3.8) is 0 Å². The van der Waals surface area contributed by atoms with Gasteiger partial charge >= 0.3 is 0 Å². The van der Waals surface area contributed by atoms with Gasteiger partial charge in [0.05, 0.1) is 12.6 Å². The summed E-state index contributed by atoms with van der Waals surface area (Å²) in [6.07, 6.45) is 5.02. The van der Waals surface area contributed by atoms with E-state index in [1.165, 1.54) is 12.8 Å². The summed E-state index contributed by atoms with van der Waals surface area (Å²) in [5.41, 5.74) is 0.0892. The van der Waals surface area contributed by atoms with Crippen molar-refractivity contribution in [3.05, 3.63) is 0 Å². The molecule has 1 aliphatic heterocycles. The van der Waals surface area contributed by atoms with Gasteiger partial charge in [0.1, 0.15) is 0 Å². The fourth-order valence-corrected chi connectivity index (χ4v) is 3.37. The number of rotatable bonds is 7. The number of hydrogen-bond acceptors (Lipinski definition) is 3. The van der Waals surface area contributed by atoms with Gasteiger partial charge in [0, 0.05) is 26.2 Å². The molecule has 1 aliphatic carbocycles. The summed E-state index contributed by atoms with van der Waals surface area (Å²) in [5, 5.41) is 5.48. The van der Waals surface area contributed by atoms with E-state index in [1.54, 1.807) is 0 Å². The summed E-state index contributed by atoms with van der Waals surface area (Å²) < 4.78 is 31.7. The molecule has 0 aromatic carbocycles. The van der Waals surface area contributed by atoms with Crippen molar-refractivity contribution in [1.29, 1.82) is 0 Å². The van der Waals surface area contributed by atoms with E-state index in [9.17, 15) is 13.6 Å². The molecule has 2 rings (SSSR count). The van der Waals surface area contributed by atoms with E-state index in [0.717, 1.165) is 19.3 Å². The molecule has 21 heavy (non-hydrogen) atoms. The second-order valence-electron chi connectivity index (χ2n) is 6.37. The van der Waals surface area contributed by atoms with E-state index in [2.05, 4.69) is 10.6 Å². The molecule has 1 heterocycles. The van der Waals surface area contributed by atoms with Gasteiger partial charge in [-0.3, -0.25) is 10.1 Å². The summed E-state index contributed by atoms with van der Waals surface area (Å²) in [5.74, 6) is -3.06. The molecule has 2 N–H and O–H groups in total. The number of alkyl halides is 2. The van der Waals surface area contributed by atoms with Crippen LogP contribution < -0.4 is 10.6 Å². The first-order valence-corrected chi connectivity index (χ1v) is 7.93. The van der Waals surface area contributed by atoms with Crippen LogP contribution in [0.4, 0.5) is 8.78 Å². The van der Waals surface area contributed by atoms with Gasteiger partial charge in [-0.2, -0.15) is 0 Å². The molecule has 1 amide bonds. The van der Waals surface area contributed by atoms with Crippen LogP contribution in [0.2, 0.25) is 0 Å². The number of nitrogens with one attached hydrogen (secondary N) is 2. The highest BCUT2D eigenvalue weighted by atomic mass is 19.3. The van der Waals surface area contributed by atoms with Crippen molar-refractivity contribution in [1.82, 2.24) is 10.6 Å². The Bertz CT molecular complexity index is 358. The molecule has 2 fully saturated rings. The summed E-state index contributed by atoms with van der Waals surface area (Å²) >= 11 is 0. The van der Waals surface area contributed by atoms with Gasteiger partial charge in [-0.1, -0.05) is 12.8 Å². The van der Waals surface area contributed by atoms with Crippen LogP contribution in [0.5, 0.6) is 0 Å². The maximum Gasteiger partial charge on any atom is 0.262 e. The van der Waals surface area contributed by atoms with Gasteiger partial charge in [-0.15, -0.1) is 0 Å². The van der Waals surface area contributed by atoms with Crippen LogP contribution in [-0.2, 0) is 9.53 Å². The molecule has 6 heteroatoms. The Kier molecular flexibility index (Phi) is 5.54. The third-order valence-electron chi connectivity index (χ3n) is 4.71. The van der Waals surface area contributed by atoms with Crippen molar-refractivity contribution in [3.8, 4) is 0 Å². The van der Waals surface area contributed by atoms with Crippen LogP contribution in [0.1, 0.15) is 45.4 Å². The minimum atomic E-state index is -2.76. The molecule has 1 atom stereocenters. The summed E-state index contributed by atoms with van der Waals surface area (Å²) in [6.45, 7) is 3.54. The van der Waals surface area contributed by atoms with Gasteiger partial charge in [0.2, 0.25) is 5.91 Å². The second kappa shape index (κ2) is 7.01. The Balaban J connectivity index is 1.80. The predicted molar refractivity (Wildman–Crippen MR) is 76.4 cm³/mol. The smallest absolute Gasteiger partial charge is 0.262 e. The first-order chi connectivity index (χ1) is 9.96. The summed E-state index contributed by atoms with van der Waals surface area (Å²) in [6, 6.07) is -0.759. The lowest BCUT2D eigenvalue weighted by Gasteiger charge is -2.29. The van der Waals surface area contributed by atoms with Crippen LogP contribution >= 0.6 is 0 Å². The van der Waals surface area contributed by atoms with Crippen molar-refractivity contribution in [2.75, 3.05) is 26.3 Å². The van der Waals surface area contributed by atoms with Crippen LogP contribution in [0.15, 0.2) is 0 Å². The highest BCUT2D eigenvalue weighted by Crippen LogP contribution is 2.40. The van der Waals surface area contributed by atoms with Gasteiger partial charge < -0.3 is 10.1 Å². The number of halogens is 2. The number of carbonyl (C=O) groups excluding carboxylic acids is 1. The fraction of sp³-hybridized carbons (Fsp3) is 0.933. The van der Waals surface area contributed by atoms with E-state index >= 15 is 0 Å². The lowest BCUT2D eigenvalue weighted by molar-refractivity contribution is -0.124. The van der Waals surface area contributed by atoms with E-state index in [-0.39, 0.29) is 11.3 Å². The van der Waals surface area contributed by atoms with Gasteiger partial charge in [-0.25, -0.2) is 8.78 Å². The molecule has 2 aliphatic rings. The molecular weight excluding hydrogens is 278 g/mol. The van der Waals surface area contributed by atoms with Crippen molar-refractivity contribution < 1.29 is 18.3 Å². The normalized spacial score (nSPS) is 26.9. The molecule has 122 valence electrons. The van der Waals surface area contributed by atoms with Gasteiger partial charge in [0.15, 0.2) is 0 Å². The third-order valence-corrected chi connectivity index (χ3v) is 4.71. The molecule has 0 aromatic heterocycles. The average Bonchev–Trinajstić information content (AvgIpc) is 3.04. The highest BCUT2D eigenvalue weighted by Gasteiger charge is 2.43. The first kappa shape index (κ1) is 16.6. The van der Waals surface area contributed by atoms with E-state index < -0.39 is 24.9 Å². The maximum absolute atomic E-state index is 13.1. The van der Waals surface area contributed by atoms with E-state index in [0.29, 0.717) is 19.8 Å². The second-order valence-corrected chi connectivity index (χ2v) is 6.37. The highest BCUT2D eigenvalue weighted by molar-refractivity contribution is 5.82. The Morgan fingerprint density at radius 3 is 2.67 bits per heavy atom. The fourth-order valence-electron chi connectivity index (χ4n) is 3.37. The zero-order valence-electron chi connectivity index (χ0n) is 12.7. The molecular formula is C15H26F2N2O2. The number of carbonyl (C=O) groups is 1. The standard InChI is InChI=1S/C15H26F2N2O2/c1-2-21-8-7-14(5-3-4-6-14)10-19-13(20)12-9-15(16,17)11-18-12/h12,18H,2-11H2,1H3,(H,19,20). The van der Waals surface area contributed by atoms with Crippen molar-refractivity contribution in [2.24, 2.45) is 5.41 Å². The van der Waals surface area contributed by atoms with Gasteiger partial charge in [-0.05, 0) is 31.6 Å². The monoisotopic (exact) mass is 304 g/mol. The molecule has 0 radical (unpaired) electrons. The molecule has 0 spiro atoms. The third kappa shape index (κ3) is 4.61. The molecule has 4 nitrogen and oxygen atoms in total. The van der Waals surface area contributed by atoms with Crippen LogP contribution in [0.3, 0.4) is 0 Å². The zero-order valence-corrected chi connectivity index (χ0v) is 12.7. The number of ether oxygens (including phenoxy) is 1. The van der Waals surface area contributed by atoms with Crippen LogP contribution in [-0.4, -0.2) is 44.2 Å². The van der Waals surface area contributed by atoms with E-state index in [4.69, 9.17) is 4.74 Å². The molecule has 1 saturated carbocycles. The summed E-state index contributed by atoms with van der Waals surface area (Å²) in [7, 11) is 0. The zero-order chi connectivity index (χ0) is 15.3. The molecule has 0 bridgehead atoms. The van der Waals surface area contributed by atoms with E-state index in [1.807, 2.05) is 6.92 Å². The Morgan fingerprint density at radius 2 is 2.10 bits per heavy atom. The molecule has 1 saturated heterocycles. The molecule has 1 unspecified atom stereocenters. The van der Waals surface area contributed by atoms with Gasteiger partial charge in [0.25, 0.3) is 5.92 Å². The Hall–Kier alpha value is -0.750. The van der Waals surface area contributed by atoms with Crippen molar-refractivity contribution in [2.45, 2.75) is 57.4 Å². The minimum absolute atomic E-state index is 0.0892. The lowest BCUT2D eigenvalue weighted by Crippen LogP contribution is -2.45.